The maximum absolute atomic E-state index is 11.7. The number of aromatic nitrogens is 1. The van der Waals surface area contributed by atoms with E-state index in [1.165, 1.54) is 11.3 Å². The second-order valence-corrected chi connectivity index (χ2v) is 5.56. The van der Waals surface area contributed by atoms with Crippen molar-refractivity contribution in [1.82, 2.24) is 10.3 Å². The Morgan fingerprint density at radius 1 is 1.53 bits per heavy atom. The topological polar surface area (TPSA) is 42.0 Å². The van der Waals surface area contributed by atoms with Crippen molar-refractivity contribution < 1.29 is 4.79 Å². The molecule has 0 aliphatic rings. The SMILES string of the molecule is C=C(Cl)CNC(=O)c1csc(-c2cccs2)n1. The molecule has 2 rings (SSSR count). The van der Waals surface area contributed by atoms with Crippen LogP contribution in [-0.2, 0) is 0 Å². The second kappa shape index (κ2) is 5.44. The number of nitrogens with one attached hydrogen (secondary N) is 1. The average Bonchev–Trinajstić information content (AvgIpc) is 2.94. The third-order valence-corrected chi connectivity index (χ3v) is 3.92. The first-order valence-electron chi connectivity index (χ1n) is 4.77. The van der Waals surface area contributed by atoms with Crippen LogP contribution in [0.25, 0.3) is 9.88 Å². The summed E-state index contributed by atoms with van der Waals surface area (Å²) >= 11 is 8.62. The lowest BCUT2D eigenvalue weighted by Crippen LogP contribution is -2.24. The molecule has 1 amide bonds. The summed E-state index contributed by atoms with van der Waals surface area (Å²) in [6, 6.07) is 3.93. The Kier molecular flexibility index (Phi) is 3.93. The van der Waals surface area contributed by atoms with Gasteiger partial charge in [-0.3, -0.25) is 4.79 Å². The van der Waals surface area contributed by atoms with Crippen LogP contribution in [0.2, 0.25) is 0 Å². The van der Waals surface area contributed by atoms with Gasteiger partial charge < -0.3 is 5.32 Å². The van der Waals surface area contributed by atoms with E-state index in [1.807, 2.05) is 17.5 Å². The van der Waals surface area contributed by atoms with E-state index in [0.717, 1.165) is 9.88 Å². The van der Waals surface area contributed by atoms with Crippen LogP contribution in [0, 0.1) is 0 Å². The zero-order valence-electron chi connectivity index (χ0n) is 8.77. The quantitative estimate of drug-likeness (QED) is 0.935. The number of rotatable bonds is 4. The monoisotopic (exact) mass is 284 g/mol. The highest BCUT2D eigenvalue weighted by molar-refractivity contribution is 7.20. The predicted octanol–water partition coefficient (Wildman–Crippen LogP) is 3.35. The fourth-order valence-electron chi connectivity index (χ4n) is 1.16. The number of carbonyl (C=O) groups excluding carboxylic acids is 1. The molecule has 0 atom stereocenters. The molecule has 6 heteroatoms. The molecule has 1 N–H and O–H groups in total. The fraction of sp³-hybridized carbons (Fsp3) is 0.0909. The number of amides is 1. The standard InChI is InChI=1S/C11H9ClN2OS2/c1-7(12)5-13-10(15)8-6-17-11(14-8)9-3-2-4-16-9/h2-4,6H,1,5H2,(H,13,15). The van der Waals surface area contributed by atoms with Gasteiger partial charge >= 0.3 is 0 Å². The van der Waals surface area contributed by atoms with Crippen molar-refractivity contribution in [1.29, 1.82) is 0 Å². The van der Waals surface area contributed by atoms with E-state index in [0.29, 0.717) is 10.7 Å². The van der Waals surface area contributed by atoms with Crippen molar-refractivity contribution in [2.45, 2.75) is 0 Å². The van der Waals surface area contributed by atoms with Crippen molar-refractivity contribution in [3.05, 3.63) is 40.2 Å². The molecule has 3 nitrogen and oxygen atoms in total. The molecule has 2 heterocycles. The minimum atomic E-state index is -0.231. The second-order valence-electron chi connectivity index (χ2n) is 3.22. The Balaban J connectivity index is 2.08. The summed E-state index contributed by atoms with van der Waals surface area (Å²) in [6.45, 7) is 3.76. The minimum absolute atomic E-state index is 0.231. The molecule has 0 aliphatic carbocycles. The first-order chi connectivity index (χ1) is 8.16. The normalized spacial score (nSPS) is 10.2. The molecule has 0 spiro atoms. The van der Waals surface area contributed by atoms with Gasteiger partial charge in [0.15, 0.2) is 0 Å². The van der Waals surface area contributed by atoms with Crippen molar-refractivity contribution in [3.63, 3.8) is 0 Å². The molecule has 0 fully saturated rings. The number of halogens is 1. The Morgan fingerprint density at radius 3 is 3.00 bits per heavy atom. The molecule has 0 saturated heterocycles. The van der Waals surface area contributed by atoms with Gasteiger partial charge in [-0.05, 0) is 11.4 Å². The first-order valence-corrected chi connectivity index (χ1v) is 6.91. The summed E-state index contributed by atoms with van der Waals surface area (Å²) in [5.74, 6) is -0.231. The molecule has 0 aliphatic heterocycles. The van der Waals surface area contributed by atoms with Crippen LogP contribution in [-0.4, -0.2) is 17.4 Å². The number of hydrogen-bond donors (Lipinski definition) is 1. The predicted molar refractivity (Wildman–Crippen MR) is 72.8 cm³/mol. The lowest BCUT2D eigenvalue weighted by Gasteiger charge is -1.99. The summed E-state index contributed by atoms with van der Waals surface area (Å²) in [5.41, 5.74) is 0.413. The zero-order valence-corrected chi connectivity index (χ0v) is 11.2. The molecular weight excluding hydrogens is 276 g/mol. The maximum atomic E-state index is 11.7. The summed E-state index contributed by atoms with van der Waals surface area (Å²) < 4.78 is 0. The third-order valence-electron chi connectivity index (χ3n) is 1.91. The molecule has 0 saturated carbocycles. The molecule has 17 heavy (non-hydrogen) atoms. The van der Waals surface area contributed by atoms with Crippen molar-refractivity contribution in [2.75, 3.05) is 6.54 Å². The zero-order chi connectivity index (χ0) is 12.3. The van der Waals surface area contributed by atoms with Gasteiger partial charge in [-0.25, -0.2) is 4.98 Å². The van der Waals surface area contributed by atoms with Crippen molar-refractivity contribution in [2.24, 2.45) is 0 Å². The van der Waals surface area contributed by atoms with E-state index < -0.39 is 0 Å². The fourth-order valence-corrected chi connectivity index (χ4v) is 2.84. The molecular formula is C11H9ClN2OS2. The van der Waals surface area contributed by atoms with Gasteiger partial charge in [0, 0.05) is 10.4 Å². The first kappa shape index (κ1) is 12.3. The Hall–Kier alpha value is -1.17. The van der Waals surface area contributed by atoms with Gasteiger partial charge in [-0.2, -0.15) is 0 Å². The van der Waals surface area contributed by atoms with E-state index >= 15 is 0 Å². The van der Waals surface area contributed by atoms with Crippen LogP contribution in [0.3, 0.4) is 0 Å². The summed E-state index contributed by atoms with van der Waals surface area (Å²) in [5, 5.41) is 7.60. The summed E-state index contributed by atoms with van der Waals surface area (Å²) in [7, 11) is 0. The van der Waals surface area contributed by atoms with E-state index in [2.05, 4.69) is 16.9 Å². The van der Waals surface area contributed by atoms with Gasteiger partial charge in [-0.15, -0.1) is 22.7 Å². The molecule has 88 valence electrons. The Morgan fingerprint density at radius 2 is 2.35 bits per heavy atom. The van der Waals surface area contributed by atoms with Crippen LogP contribution >= 0.6 is 34.3 Å². The summed E-state index contributed by atoms with van der Waals surface area (Å²) in [4.78, 5) is 17.0. The van der Waals surface area contributed by atoms with Crippen LogP contribution in [0.1, 0.15) is 10.5 Å². The van der Waals surface area contributed by atoms with E-state index in [9.17, 15) is 4.79 Å². The maximum Gasteiger partial charge on any atom is 0.271 e. The van der Waals surface area contributed by atoms with Gasteiger partial charge in [0.2, 0.25) is 0 Å². The van der Waals surface area contributed by atoms with E-state index in [4.69, 9.17) is 11.6 Å². The lowest BCUT2D eigenvalue weighted by atomic mass is 10.4. The van der Waals surface area contributed by atoms with Crippen molar-refractivity contribution >= 4 is 40.2 Å². The van der Waals surface area contributed by atoms with Crippen LogP contribution < -0.4 is 5.32 Å². The molecule has 2 aromatic rings. The van der Waals surface area contributed by atoms with Crippen LogP contribution in [0.4, 0.5) is 0 Å². The molecule has 0 radical (unpaired) electrons. The van der Waals surface area contributed by atoms with Gasteiger partial charge in [0.05, 0.1) is 11.4 Å². The minimum Gasteiger partial charge on any atom is -0.346 e. The lowest BCUT2D eigenvalue weighted by molar-refractivity contribution is 0.0953. The largest absolute Gasteiger partial charge is 0.346 e. The van der Waals surface area contributed by atoms with Crippen LogP contribution in [0.15, 0.2) is 34.5 Å². The number of thiophene rings is 1. The average molecular weight is 285 g/mol. The third kappa shape index (κ3) is 3.15. The highest BCUT2D eigenvalue weighted by atomic mass is 35.5. The van der Waals surface area contributed by atoms with Gasteiger partial charge in [0.1, 0.15) is 10.7 Å². The number of nitrogens with zero attached hydrogens (tertiary/aromatic N) is 1. The molecule has 0 bridgehead atoms. The summed E-state index contributed by atoms with van der Waals surface area (Å²) in [6.07, 6.45) is 0. The van der Waals surface area contributed by atoms with Gasteiger partial charge in [0.25, 0.3) is 5.91 Å². The Bertz CT molecular complexity index is 533. The molecule has 0 aromatic carbocycles. The van der Waals surface area contributed by atoms with Crippen LogP contribution in [0.5, 0.6) is 0 Å². The smallest absolute Gasteiger partial charge is 0.271 e. The van der Waals surface area contributed by atoms with E-state index in [-0.39, 0.29) is 12.5 Å². The highest BCUT2D eigenvalue weighted by Gasteiger charge is 2.11. The Labute approximate surface area is 112 Å². The van der Waals surface area contributed by atoms with E-state index in [1.54, 1.807) is 16.7 Å². The van der Waals surface area contributed by atoms with Crippen molar-refractivity contribution in [3.8, 4) is 9.88 Å². The number of carbonyl (C=O) groups is 1. The molecule has 0 unspecified atom stereocenters. The van der Waals surface area contributed by atoms with Gasteiger partial charge in [-0.1, -0.05) is 24.2 Å². The number of thiazole rings is 1. The molecule has 2 aromatic heterocycles. The highest BCUT2D eigenvalue weighted by Crippen LogP contribution is 2.27. The number of hydrogen-bond acceptors (Lipinski definition) is 4.